The summed E-state index contributed by atoms with van der Waals surface area (Å²) in [7, 11) is 1.53. The number of fused-ring (bicyclic) bond motifs is 1. The van der Waals surface area contributed by atoms with Gasteiger partial charge in [-0.1, -0.05) is 47.5 Å². The van der Waals surface area contributed by atoms with Crippen LogP contribution in [0.25, 0.3) is 10.9 Å². The Kier molecular flexibility index (Phi) is 7.94. The third-order valence-electron chi connectivity index (χ3n) is 4.88. The van der Waals surface area contributed by atoms with Gasteiger partial charge in [0.2, 0.25) is 0 Å². The van der Waals surface area contributed by atoms with Gasteiger partial charge >= 0.3 is 0 Å². The number of aromatic nitrogens is 1. The van der Waals surface area contributed by atoms with Crippen molar-refractivity contribution in [1.29, 1.82) is 5.26 Å². The van der Waals surface area contributed by atoms with Crippen LogP contribution in [0.3, 0.4) is 0 Å². The summed E-state index contributed by atoms with van der Waals surface area (Å²) in [6, 6.07) is 18.9. The van der Waals surface area contributed by atoms with Gasteiger partial charge in [0, 0.05) is 33.1 Å². The first-order chi connectivity index (χ1) is 15.8. The topological polar surface area (TPSA) is 77.9 Å². The number of ether oxygens (including phenoxy) is 1. The fourth-order valence-corrected chi connectivity index (χ4v) is 3.57. The number of para-hydroxylation sites is 1. The molecule has 1 amide bonds. The molecule has 0 fully saturated rings. The Hall–Kier alpha value is -3.53. The first-order valence-electron chi connectivity index (χ1n) is 9.86. The molecule has 1 heterocycles. The first kappa shape index (κ1) is 24.1. The number of aromatic amines is 1. The Morgan fingerprint density at radius 2 is 1.88 bits per heavy atom. The maximum Gasteiger partial charge on any atom is 0.268 e. The number of aryl methyl sites for hydroxylation is 1. The van der Waals surface area contributed by atoms with Crippen LogP contribution in [0, 0.1) is 24.1 Å². The Morgan fingerprint density at radius 3 is 2.55 bits per heavy atom. The fourth-order valence-electron chi connectivity index (χ4n) is 3.18. The van der Waals surface area contributed by atoms with E-state index in [1.807, 2.05) is 37.3 Å². The number of H-pyrrole nitrogens is 1. The van der Waals surface area contributed by atoms with Gasteiger partial charge in [-0.15, -0.1) is 0 Å². The molecule has 4 aromatic rings. The highest BCUT2D eigenvalue weighted by atomic mass is 35.5. The number of rotatable bonds is 4. The second-order valence-electron chi connectivity index (χ2n) is 7.08. The molecule has 0 aliphatic rings. The van der Waals surface area contributed by atoms with Crippen LogP contribution in [0.15, 0.2) is 60.7 Å². The van der Waals surface area contributed by atoms with Crippen LogP contribution in [0.5, 0.6) is 5.75 Å². The molecule has 0 aliphatic heterocycles. The van der Waals surface area contributed by atoms with Crippen molar-refractivity contribution in [1.82, 2.24) is 10.3 Å². The second-order valence-corrected chi connectivity index (χ2v) is 7.95. The zero-order chi connectivity index (χ0) is 24.0. The average Bonchev–Trinajstić information content (AvgIpc) is 3.15. The molecule has 0 saturated heterocycles. The van der Waals surface area contributed by atoms with Gasteiger partial charge in [-0.3, -0.25) is 4.79 Å². The summed E-state index contributed by atoms with van der Waals surface area (Å²) >= 11 is 11.4. The smallest absolute Gasteiger partial charge is 0.268 e. The number of amides is 1. The molecular weight excluding hydrogens is 464 g/mol. The number of carbonyl (C=O) groups is 1. The maximum absolute atomic E-state index is 13.7. The molecule has 0 aliphatic carbocycles. The molecule has 0 spiro atoms. The SMILES string of the molecule is COc1cc(Cl)cc(C#N)c1.Cc1c(C(=O)NCc2ccc(Cl)cc2F)[nH]c2ccccc12. The van der Waals surface area contributed by atoms with Crippen molar-refractivity contribution in [2.45, 2.75) is 13.5 Å². The van der Waals surface area contributed by atoms with E-state index in [-0.39, 0.29) is 12.5 Å². The molecule has 5 nitrogen and oxygen atoms in total. The van der Waals surface area contributed by atoms with E-state index in [4.69, 9.17) is 33.2 Å². The van der Waals surface area contributed by atoms with Crippen LogP contribution < -0.4 is 10.1 Å². The summed E-state index contributed by atoms with van der Waals surface area (Å²) in [5, 5.41) is 13.1. The predicted molar refractivity (Wildman–Crippen MR) is 128 cm³/mol. The molecule has 3 aromatic carbocycles. The minimum atomic E-state index is -0.429. The second kappa shape index (κ2) is 10.9. The molecule has 1 aromatic heterocycles. The minimum absolute atomic E-state index is 0.108. The van der Waals surface area contributed by atoms with Gasteiger partial charge in [0.15, 0.2) is 0 Å². The van der Waals surface area contributed by atoms with E-state index in [0.29, 0.717) is 32.6 Å². The molecule has 0 bridgehead atoms. The molecule has 0 atom stereocenters. The van der Waals surface area contributed by atoms with Gasteiger partial charge < -0.3 is 15.0 Å². The molecule has 4 rings (SSSR count). The maximum atomic E-state index is 13.7. The van der Waals surface area contributed by atoms with Crippen LogP contribution in [-0.2, 0) is 6.54 Å². The normalized spacial score (nSPS) is 10.2. The van der Waals surface area contributed by atoms with Crippen molar-refractivity contribution in [3.8, 4) is 11.8 Å². The predicted octanol–water partition coefficient (Wildman–Crippen LogP) is 6.42. The van der Waals surface area contributed by atoms with Crippen LogP contribution in [-0.4, -0.2) is 18.0 Å². The van der Waals surface area contributed by atoms with Gasteiger partial charge in [-0.05, 0) is 48.9 Å². The zero-order valence-corrected chi connectivity index (χ0v) is 19.4. The number of hydrogen-bond acceptors (Lipinski definition) is 3. The number of methoxy groups -OCH3 is 1. The third kappa shape index (κ3) is 6.04. The summed E-state index contributed by atoms with van der Waals surface area (Å²) in [5.41, 5.74) is 3.18. The van der Waals surface area contributed by atoms with E-state index in [0.717, 1.165) is 16.5 Å². The number of nitrogens with zero attached hydrogens (tertiary/aromatic N) is 1. The van der Waals surface area contributed by atoms with E-state index in [1.165, 1.54) is 13.2 Å². The summed E-state index contributed by atoms with van der Waals surface area (Å²) in [4.78, 5) is 15.4. The summed E-state index contributed by atoms with van der Waals surface area (Å²) in [6.07, 6.45) is 0. The number of nitriles is 1. The Bertz CT molecular complexity index is 1350. The lowest BCUT2D eigenvalue weighted by atomic mass is 10.1. The first-order valence-corrected chi connectivity index (χ1v) is 10.6. The fraction of sp³-hybridized carbons (Fsp3) is 0.120. The lowest BCUT2D eigenvalue weighted by molar-refractivity contribution is 0.0946. The van der Waals surface area contributed by atoms with Crippen molar-refractivity contribution < 1.29 is 13.9 Å². The number of benzene rings is 3. The van der Waals surface area contributed by atoms with Gasteiger partial charge in [0.25, 0.3) is 5.91 Å². The lowest BCUT2D eigenvalue weighted by Crippen LogP contribution is -2.24. The number of halogens is 3. The van der Waals surface area contributed by atoms with Gasteiger partial charge in [-0.25, -0.2) is 4.39 Å². The standard InChI is InChI=1S/C17H14ClFN2O.C8H6ClNO/c1-10-13-4-2-3-5-15(13)21-16(10)17(22)20-9-11-6-7-12(18)8-14(11)19;1-11-8-3-6(5-10)2-7(9)4-8/h2-8,21H,9H2,1H3,(H,20,22);2-4H,1H3. The largest absolute Gasteiger partial charge is 0.497 e. The van der Waals surface area contributed by atoms with Crippen LogP contribution in [0.2, 0.25) is 10.0 Å². The van der Waals surface area contributed by atoms with Crippen LogP contribution >= 0.6 is 23.2 Å². The molecule has 8 heteroatoms. The Labute approximate surface area is 200 Å². The highest BCUT2D eigenvalue weighted by Crippen LogP contribution is 2.22. The molecule has 168 valence electrons. The quantitative estimate of drug-likeness (QED) is 0.351. The molecular formula is C25H20Cl2FN3O2. The summed E-state index contributed by atoms with van der Waals surface area (Å²) in [6.45, 7) is 1.99. The molecule has 0 radical (unpaired) electrons. The van der Waals surface area contributed by atoms with E-state index >= 15 is 0 Å². The molecule has 0 saturated carbocycles. The highest BCUT2D eigenvalue weighted by molar-refractivity contribution is 6.31. The summed E-state index contributed by atoms with van der Waals surface area (Å²) < 4.78 is 18.6. The monoisotopic (exact) mass is 483 g/mol. The van der Waals surface area contributed by atoms with Crippen molar-refractivity contribution in [3.63, 3.8) is 0 Å². The van der Waals surface area contributed by atoms with E-state index in [9.17, 15) is 9.18 Å². The van der Waals surface area contributed by atoms with Gasteiger partial charge in [0.05, 0.1) is 18.7 Å². The number of nitrogens with one attached hydrogen (secondary N) is 2. The van der Waals surface area contributed by atoms with E-state index in [2.05, 4.69) is 10.3 Å². The summed E-state index contributed by atoms with van der Waals surface area (Å²) in [5.74, 6) is -0.0849. The zero-order valence-electron chi connectivity index (χ0n) is 17.9. The van der Waals surface area contributed by atoms with Crippen molar-refractivity contribution in [3.05, 3.63) is 98.9 Å². The Morgan fingerprint density at radius 1 is 1.12 bits per heavy atom. The number of hydrogen-bond donors (Lipinski definition) is 2. The van der Waals surface area contributed by atoms with E-state index < -0.39 is 5.82 Å². The van der Waals surface area contributed by atoms with Crippen molar-refractivity contribution in [2.75, 3.05) is 7.11 Å². The van der Waals surface area contributed by atoms with Crippen molar-refractivity contribution >= 4 is 40.0 Å². The number of carbonyl (C=O) groups excluding carboxylic acids is 1. The van der Waals surface area contributed by atoms with E-state index in [1.54, 1.807) is 30.3 Å². The molecule has 0 unspecified atom stereocenters. The highest BCUT2D eigenvalue weighted by Gasteiger charge is 2.14. The minimum Gasteiger partial charge on any atom is -0.497 e. The van der Waals surface area contributed by atoms with Gasteiger partial charge in [0.1, 0.15) is 17.3 Å². The molecule has 33 heavy (non-hydrogen) atoms. The van der Waals surface area contributed by atoms with Crippen molar-refractivity contribution in [2.24, 2.45) is 0 Å². The average molecular weight is 484 g/mol. The molecule has 2 N–H and O–H groups in total. The van der Waals surface area contributed by atoms with Crippen LogP contribution in [0.4, 0.5) is 4.39 Å². The third-order valence-corrected chi connectivity index (χ3v) is 5.34. The van der Waals surface area contributed by atoms with Gasteiger partial charge in [-0.2, -0.15) is 5.26 Å². The van der Waals surface area contributed by atoms with Crippen LogP contribution in [0.1, 0.15) is 27.2 Å². The lowest BCUT2D eigenvalue weighted by Gasteiger charge is -2.06. The Balaban J connectivity index is 0.000000235.